The van der Waals surface area contributed by atoms with Gasteiger partial charge in [-0.1, -0.05) is 18.2 Å². The molecule has 2 aliphatic heterocycles. The number of thiophene rings is 1. The van der Waals surface area contributed by atoms with Crippen molar-refractivity contribution in [2.24, 2.45) is 0 Å². The van der Waals surface area contributed by atoms with Crippen molar-refractivity contribution in [1.82, 2.24) is 9.21 Å². The number of ether oxygens (including phenoxy) is 1. The van der Waals surface area contributed by atoms with Crippen molar-refractivity contribution in [2.45, 2.75) is 43.4 Å². The van der Waals surface area contributed by atoms with E-state index in [-0.39, 0.29) is 10.9 Å². The van der Waals surface area contributed by atoms with E-state index in [1.165, 1.54) is 4.88 Å². The fourth-order valence-electron chi connectivity index (χ4n) is 3.87. The summed E-state index contributed by atoms with van der Waals surface area (Å²) in [6.07, 6.45) is 0.825. The third-order valence-electron chi connectivity index (χ3n) is 5.14. The van der Waals surface area contributed by atoms with Crippen molar-refractivity contribution in [1.29, 1.82) is 0 Å². The molecular weight excluding hydrogens is 368 g/mol. The summed E-state index contributed by atoms with van der Waals surface area (Å²) >= 11 is 1.75. The average molecular weight is 393 g/mol. The van der Waals surface area contributed by atoms with Gasteiger partial charge in [-0.2, -0.15) is 4.31 Å². The standard InChI is InChI=1S/C19H24N2O3S2/c1-15(2)21-14-19(9-10-20(13-19)12-16-6-5-11-25-16)24-17-7-3-4-8-18(17)26(21,22)23/h3-8,11,15H,9-10,12-14H2,1-2H3/t19-/m0/s1. The number of rotatable bonds is 3. The van der Waals surface area contributed by atoms with Gasteiger partial charge >= 0.3 is 0 Å². The SMILES string of the molecule is CC(C)N1C[C@@]2(CCN(Cc3cccs3)C2)Oc2ccccc2S1(=O)=O. The summed E-state index contributed by atoms with van der Waals surface area (Å²) in [5.74, 6) is 0.480. The zero-order valence-electron chi connectivity index (χ0n) is 15.1. The highest BCUT2D eigenvalue weighted by Crippen LogP contribution is 2.39. The molecule has 140 valence electrons. The van der Waals surface area contributed by atoms with Gasteiger partial charge in [0.15, 0.2) is 0 Å². The van der Waals surface area contributed by atoms with E-state index >= 15 is 0 Å². The number of para-hydroxylation sites is 1. The van der Waals surface area contributed by atoms with Crippen molar-refractivity contribution in [2.75, 3.05) is 19.6 Å². The van der Waals surface area contributed by atoms with Crippen LogP contribution >= 0.6 is 11.3 Å². The largest absolute Gasteiger partial charge is 0.483 e. The number of benzene rings is 1. The highest BCUT2D eigenvalue weighted by atomic mass is 32.2. The Morgan fingerprint density at radius 2 is 2.00 bits per heavy atom. The highest BCUT2D eigenvalue weighted by molar-refractivity contribution is 7.89. The highest BCUT2D eigenvalue weighted by Gasteiger charge is 2.48. The molecule has 7 heteroatoms. The Kier molecular flexibility index (Phi) is 4.59. The molecular formula is C19H24N2O3S2. The lowest BCUT2D eigenvalue weighted by atomic mass is 10.0. The van der Waals surface area contributed by atoms with Crippen molar-refractivity contribution in [3.05, 3.63) is 46.7 Å². The second kappa shape index (κ2) is 6.64. The second-order valence-corrected chi connectivity index (χ2v) is 10.3. The predicted molar refractivity (Wildman–Crippen MR) is 103 cm³/mol. The molecule has 0 radical (unpaired) electrons. The van der Waals surface area contributed by atoms with Gasteiger partial charge in [-0.05, 0) is 37.4 Å². The minimum absolute atomic E-state index is 0.113. The Morgan fingerprint density at radius 1 is 1.19 bits per heavy atom. The van der Waals surface area contributed by atoms with Crippen LogP contribution in [0.4, 0.5) is 0 Å². The van der Waals surface area contributed by atoms with Crippen LogP contribution in [0.5, 0.6) is 5.75 Å². The summed E-state index contributed by atoms with van der Waals surface area (Å²) in [5, 5.41) is 2.09. The normalized spacial score (nSPS) is 26.0. The van der Waals surface area contributed by atoms with Crippen LogP contribution in [-0.4, -0.2) is 48.9 Å². The zero-order valence-corrected chi connectivity index (χ0v) is 16.7. The molecule has 1 aromatic heterocycles. The number of nitrogens with zero attached hydrogens (tertiary/aromatic N) is 2. The van der Waals surface area contributed by atoms with Gasteiger partial charge in [0.1, 0.15) is 16.2 Å². The van der Waals surface area contributed by atoms with Crippen LogP contribution in [0.25, 0.3) is 0 Å². The van der Waals surface area contributed by atoms with Crippen molar-refractivity contribution in [3.63, 3.8) is 0 Å². The number of likely N-dealkylation sites (tertiary alicyclic amines) is 1. The molecule has 0 saturated carbocycles. The molecule has 2 aromatic rings. The quantitative estimate of drug-likeness (QED) is 0.805. The molecule has 1 spiro atoms. The molecule has 0 bridgehead atoms. The molecule has 0 aliphatic carbocycles. The monoisotopic (exact) mass is 392 g/mol. The van der Waals surface area contributed by atoms with Crippen molar-refractivity contribution < 1.29 is 13.2 Å². The Bertz CT molecular complexity index is 880. The van der Waals surface area contributed by atoms with Gasteiger partial charge in [0.2, 0.25) is 10.0 Å². The van der Waals surface area contributed by atoms with Gasteiger partial charge < -0.3 is 4.74 Å². The van der Waals surface area contributed by atoms with Gasteiger partial charge in [-0.15, -0.1) is 11.3 Å². The van der Waals surface area contributed by atoms with Crippen LogP contribution < -0.4 is 4.74 Å². The molecule has 0 amide bonds. The molecule has 0 unspecified atom stereocenters. The lowest BCUT2D eigenvalue weighted by molar-refractivity contribution is 0.0533. The molecule has 4 rings (SSSR count). The number of hydrogen-bond acceptors (Lipinski definition) is 5. The lowest BCUT2D eigenvalue weighted by Crippen LogP contribution is -2.51. The van der Waals surface area contributed by atoms with E-state index in [9.17, 15) is 8.42 Å². The topological polar surface area (TPSA) is 49.9 Å². The zero-order chi connectivity index (χ0) is 18.4. The predicted octanol–water partition coefficient (Wildman–Crippen LogP) is 3.18. The molecule has 0 N–H and O–H groups in total. The third-order valence-corrected chi connectivity index (χ3v) is 8.06. The molecule has 1 atom stereocenters. The molecule has 26 heavy (non-hydrogen) atoms. The molecule has 1 fully saturated rings. The van der Waals surface area contributed by atoms with Crippen LogP contribution in [0.3, 0.4) is 0 Å². The average Bonchev–Trinajstić information content (AvgIpc) is 3.21. The number of fused-ring (bicyclic) bond motifs is 1. The van der Waals surface area contributed by atoms with E-state index < -0.39 is 15.6 Å². The Hall–Kier alpha value is -1.41. The van der Waals surface area contributed by atoms with E-state index in [4.69, 9.17) is 4.74 Å². The first kappa shape index (κ1) is 18.0. The molecule has 1 aromatic carbocycles. The summed E-state index contributed by atoms with van der Waals surface area (Å²) in [6.45, 7) is 6.78. The van der Waals surface area contributed by atoms with E-state index in [0.717, 1.165) is 26.1 Å². The maximum absolute atomic E-state index is 13.2. The maximum atomic E-state index is 13.2. The van der Waals surface area contributed by atoms with E-state index in [1.54, 1.807) is 33.8 Å². The van der Waals surface area contributed by atoms with Gasteiger partial charge in [0.05, 0.1) is 6.54 Å². The second-order valence-electron chi connectivity index (χ2n) is 7.42. The summed E-state index contributed by atoms with van der Waals surface area (Å²) in [4.78, 5) is 3.97. The van der Waals surface area contributed by atoms with Crippen molar-refractivity contribution in [3.8, 4) is 5.75 Å². The fourth-order valence-corrected chi connectivity index (χ4v) is 6.44. The summed E-state index contributed by atoms with van der Waals surface area (Å²) in [7, 11) is -3.56. The first-order valence-corrected chi connectivity index (χ1v) is 11.3. The Labute approximate surface area is 159 Å². The van der Waals surface area contributed by atoms with Crippen LogP contribution in [0.1, 0.15) is 25.1 Å². The first-order valence-electron chi connectivity index (χ1n) is 8.94. The number of sulfonamides is 1. The Morgan fingerprint density at radius 3 is 2.73 bits per heavy atom. The minimum Gasteiger partial charge on any atom is -0.483 e. The van der Waals surface area contributed by atoms with Gasteiger partial charge in [0, 0.05) is 37.0 Å². The molecule has 1 saturated heterocycles. The van der Waals surface area contributed by atoms with E-state index in [2.05, 4.69) is 22.4 Å². The maximum Gasteiger partial charge on any atom is 0.247 e. The van der Waals surface area contributed by atoms with Crippen LogP contribution in [-0.2, 0) is 16.6 Å². The molecule has 2 aliphatic rings. The summed E-state index contributed by atoms with van der Waals surface area (Å²) in [5.41, 5.74) is -0.499. The molecule has 5 nitrogen and oxygen atoms in total. The fraction of sp³-hybridized carbons (Fsp3) is 0.474. The van der Waals surface area contributed by atoms with E-state index in [0.29, 0.717) is 12.3 Å². The summed E-state index contributed by atoms with van der Waals surface area (Å²) < 4.78 is 34.4. The van der Waals surface area contributed by atoms with Crippen LogP contribution in [0.2, 0.25) is 0 Å². The van der Waals surface area contributed by atoms with Gasteiger partial charge in [0.25, 0.3) is 0 Å². The van der Waals surface area contributed by atoms with Crippen LogP contribution in [0, 0.1) is 0 Å². The third kappa shape index (κ3) is 3.17. The van der Waals surface area contributed by atoms with E-state index in [1.807, 2.05) is 19.9 Å². The Balaban J connectivity index is 1.68. The van der Waals surface area contributed by atoms with Gasteiger partial charge in [-0.25, -0.2) is 8.42 Å². The van der Waals surface area contributed by atoms with Crippen molar-refractivity contribution >= 4 is 21.4 Å². The van der Waals surface area contributed by atoms with Gasteiger partial charge in [-0.3, -0.25) is 4.90 Å². The van der Waals surface area contributed by atoms with Crippen LogP contribution in [0.15, 0.2) is 46.7 Å². The molecule has 3 heterocycles. The smallest absolute Gasteiger partial charge is 0.247 e. The minimum atomic E-state index is -3.56. The first-order chi connectivity index (χ1) is 12.4. The number of hydrogen-bond donors (Lipinski definition) is 0. The lowest BCUT2D eigenvalue weighted by Gasteiger charge is -2.33. The summed E-state index contributed by atoms with van der Waals surface area (Å²) in [6, 6.07) is 11.1.